The molecule has 10 heteroatoms. The van der Waals surface area contributed by atoms with Gasteiger partial charge in [0.1, 0.15) is 12.0 Å². The largest absolute Gasteiger partial charge is 0.487 e. The molecule has 34 heavy (non-hydrogen) atoms. The van der Waals surface area contributed by atoms with Crippen LogP contribution in [0.25, 0.3) is 10.9 Å². The first-order valence-corrected chi connectivity index (χ1v) is 11.7. The Morgan fingerprint density at radius 2 is 1.97 bits per heavy atom. The number of carbonyl (C=O) groups is 1. The number of halogens is 3. The molecule has 0 atom stereocenters. The van der Waals surface area contributed by atoms with Crippen LogP contribution in [0.2, 0.25) is 0 Å². The van der Waals surface area contributed by atoms with E-state index in [2.05, 4.69) is 4.98 Å². The van der Waals surface area contributed by atoms with E-state index in [4.69, 9.17) is 9.15 Å². The first-order valence-electron chi connectivity index (χ1n) is 10.7. The summed E-state index contributed by atoms with van der Waals surface area (Å²) in [7, 11) is 1.62. The summed E-state index contributed by atoms with van der Waals surface area (Å²) >= 11 is 1.57. The number of amides is 1. The van der Waals surface area contributed by atoms with Crippen molar-refractivity contribution in [3.63, 3.8) is 0 Å². The molecule has 0 spiro atoms. The number of pyridine rings is 1. The fourth-order valence-corrected chi connectivity index (χ4v) is 4.19. The highest BCUT2D eigenvalue weighted by molar-refractivity contribution is 7.99. The molecule has 6 nitrogen and oxygen atoms in total. The third kappa shape index (κ3) is 6.99. The minimum atomic E-state index is -4.39. The lowest BCUT2D eigenvalue weighted by atomic mass is 10.1. The van der Waals surface area contributed by atoms with Gasteiger partial charge in [0.15, 0.2) is 0 Å². The van der Waals surface area contributed by atoms with Crippen LogP contribution in [-0.2, 0) is 17.5 Å². The zero-order valence-corrected chi connectivity index (χ0v) is 19.7. The van der Waals surface area contributed by atoms with Gasteiger partial charge in [0.25, 0.3) is 0 Å². The number of ether oxygens (including phenoxy) is 1. The molecule has 3 aromatic rings. The molecule has 0 N–H and O–H groups in total. The summed E-state index contributed by atoms with van der Waals surface area (Å²) in [6.07, 6.45) is 0.871. The number of aromatic nitrogens is 1. The molecule has 0 saturated heterocycles. The standard InChI is InChI=1S/C24H25F3N2O4S/c1-16(30)29(2)14-18-13-21(31)22(15-33-18)32-10-4-3-5-11-34-23-8-9-28-20-12-17(24(25,26)27)6-7-19(20)23/h6-9,12-13,15H,3-5,10-11,14H2,1-2H3. The molecular formula is C24H25F3N2O4S. The van der Waals surface area contributed by atoms with Crippen molar-refractivity contribution < 1.29 is 27.1 Å². The molecule has 2 aromatic heterocycles. The van der Waals surface area contributed by atoms with Crippen molar-refractivity contribution in [2.24, 2.45) is 0 Å². The molecule has 1 amide bonds. The van der Waals surface area contributed by atoms with Gasteiger partial charge in [-0.05, 0) is 43.2 Å². The maximum atomic E-state index is 12.9. The number of hydrogen-bond acceptors (Lipinski definition) is 6. The molecule has 0 aliphatic heterocycles. The van der Waals surface area contributed by atoms with E-state index < -0.39 is 11.7 Å². The number of benzene rings is 1. The second-order valence-corrected chi connectivity index (χ2v) is 8.88. The van der Waals surface area contributed by atoms with Gasteiger partial charge in [-0.15, -0.1) is 11.8 Å². The van der Waals surface area contributed by atoms with Crippen molar-refractivity contribution in [1.82, 2.24) is 9.88 Å². The van der Waals surface area contributed by atoms with Crippen LogP contribution in [0, 0.1) is 0 Å². The Morgan fingerprint density at radius 1 is 1.18 bits per heavy atom. The van der Waals surface area contributed by atoms with E-state index in [1.165, 1.54) is 36.4 Å². The molecule has 3 rings (SSSR count). The quantitative estimate of drug-likeness (QED) is 0.273. The number of rotatable bonds is 10. The number of thioether (sulfide) groups is 1. The molecule has 1 aromatic carbocycles. The Labute approximate surface area is 199 Å². The van der Waals surface area contributed by atoms with Gasteiger partial charge >= 0.3 is 6.18 Å². The highest BCUT2D eigenvalue weighted by atomic mass is 32.2. The number of hydrogen-bond donors (Lipinski definition) is 0. The summed E-state index contributed by atoms with van der Waals surface area (Å²) in [5, 5.41) is 0.702. The van der Waals surface area contributed by atoms with E-state index in [1.54, 1.807) is 24.9 Å². The van der Waals surface area contributed by atoms with Crippen LogP contribution in [0.5, 0.6) is 5.75 Å². The van der Waals surface area contributed by atoms with Crippen LogP contribution < -0.4 is 10.2 Å². The number of alkyl halides is 3. The lowest BCUT2D eigenvalue weighted by molar-refractivity contribution is -0.137. The van der Waals surface area contributed by atoms with Gasteiger partial charge < -0.3 is 14.1 Å². The van der Waals surface area contributed by atoms with Crippen LogP contribution in [0.15, 0.2) is 56.9 Å². The Balaban J connectivity index is 1.42. The Kier molecular flexibility index (Phi) is 8.60. The fourth-order valence-electron chi connectivity index (χ4n) is 3.14. The Morgan fingerprint density at radius 3 is 2.68 bits per heavy atom. The van der Waals surface area contributed by atoms with Crippen molar-refractivity contribution >= 4 is 28.6 Å². The average Bonchev–Trinajstić information content (AvgIpc) is 2.78. The van der Waals surface area contributed by atoms with E-state index in [-0.39, 0.29) is 23.6 Å². The molecule has 0 unspecified atom stereocenters. The van der Waals surface area contributed by atoms with Gasteiger partial charge in [-0.25, -0.2) is 0 Å². The van der Waals surface area contributed by atoms with E-state index in [0.29, 0.717) is 23.3 Å². The molecule has 2 heterocycles. The van der Waals surface area contributed by atoms with Gasteiger partial charge in [0.05, 0.1) is 24.2 Å². The van der Waals surface area contributed by atoms with E-state index in [9.17, 15) is 22.8 Å². The number of nitrogens with zero attached hydrogens (tertiary/aromatic N) is 2. The van der Waals surface area contributed by atoms with Gasteiger partial charge in [0.2, 0.25) is 17.1 Å². The summed E-state index contributed by atoms with van der Waals surface area (Å²) in [6, 6.07) is 6.75. The third-order valence-corrected chi connectivity index (χ3v) is 6.28. The predicted octanol–water partition coefficient (Wildman–Crippen LogP) is 5.53. The Bertz CT molecular complexity index is 1200. The minimum Gasteiger partial charge on any atom is -0.487 e. The van der Waals surface area contributed by atoms with Gasteiger partial charge in [-0.2, -0.15) is 13.2 Å². The topological polar surface area (TPSA) is 72.6 Å². The van der Waals surface area contributed by atoms with E-state index >= 15 is 0 Å². The van der Waals surface area contributed by atoms with Crippen molar-refractivity contribution in [1.29, 1.82) is 0 Å². The number of unbranched alkanes of at least 4 members (excludes halogenated alkanes) is 2. The molecule has 0 saturated carbocycles. The average molecular weight is 495 g/mol. The second-order valence-electron chi connectivity index (χ2n) is 7.75. The highest BCUT2D eigenvalue weighted by Gasteiger charge is 2.30. The SMILES string of the molecule is CC(=O)N(C)Cc1cc(=O)c(OCCCCCSc2ccnc3cc(C(F)(F)F)ccc23)co1. The first-order chi connectivity index (χ1) is 16.1. The molecular weight excluding hydrogens is 469 g/mol. The van der Waals surface area contributed by atoms with Crippen LogP contribution in [-0.4, -0.2) is 35.2 Å². The smallest absolute Gasteiger partial charge is 0.416 e. The summed E-state index contributed by atoms with van der Waals surface area (Å²) in [5.41, 5.74) is -0.681. The zero-order valence-electron chi connectivity index (χ0n) is 18.9. The van der Waals surface area contributed by atoms with Crippen LogP contribution in [0.4, 0.5) is 13.2 Å². The zero-order chi connectivity index (χ0) is 24.7. The van der Waals surface area contributed by atoms with Crippen molar-refractivity contribution in [3.05, 3.63) is 64.3 Å². The fraction of sp³-hybridized carbons (Fsp3) is 0.375. The number of fused-ring (bicyclic) bond motifs is 1. The maximum Gasteiger partial charge on any atom is 0.416 e. The lowest BCUT2D eigenvalue weighted by Crippen LogP contribution is -2.23. The Hall–Kier alpha value is -3.01. The molecule has 0 aliphatic rings. The van der Waals surface area contributed by atoms with Crippen LogP contribution in [0.1, 0.15) is 37.5 Å². The molecule has 182 valence electrons. The summed E-state index contributed by atoms with van der Waals surface area (Å²) in [5.74, 6) is 1.17. The van der Waals surface area contributed by atoms with Crippen LogP contribution in [0.3, 0.4) is 0 Å². The van der Waals surface area contributed by atoms with Gasteiger partial charge in [-0.3, -0.25) is 14.6 Å². The predicted molar refractivity (Wildman–Crippen MR) is 124 cm³/mol. The highest BCUT2D eigenvalue weighted by Crippen LogP contribution is 2.33. The molecule has 0 aliphatic carbocycles. The third-order valence-electron chi connectivity index (χ3n) is 5.12. The van der Waals surface area contributed by atoms with Crippen molar-refractivity contribution in [3.8, 4) is 5.75 Å². The monoisotopic (exact) mass is 494 g/mol. The molecule has 0 bridgehead atoms. The molecule has 0 fully saturated rings. The van der Waals surface area contributed by atoms with Crippen molar-refractivity contribution in [2.45, 2.75) is 43.8 Å². The number of carbonyl (C=O) groups excluding carboxylic acids is 1. The maximum absolute atomic E-state index is 12.9. The van der Waals surface area contributed by atoms with Gasteiger partial charge in [-0.1, -0.05) is 6.07 Å². The van der Waals surface area contributed by atoms with Crippen LogP contribution >= 0.6 is 11.8 Å². The van der Waals surface area contributed by atoms with Gasteiger partial charge in [0, 0.05) is 36.5 Å². The second kappa shape index (κ2) is 11.4. The molecule has 0 radical (unpaired) electrons. The lowest BCUT2D eigenvalue weighted by Gasteiger charge is -2.13. The van der Waals surface area contributed by atoms with Crippen molar-refractivity contribution in [2.75, 3.05) is 19.4 Å². The minimum absolute atomic E-state index is 0.130. The summed E-state index contributed by atoms with van der Waals surface area (Å²) < 4.78 is 49.6. The van der Waals surface area contributed by atoms with E-state index in [0.717, 1.165) is 42.0 Å². The van der Waals surface area contributed by atoms with E-state index in [1.807, 2.05) is 0 Å². The summed E-state index contributed by atoms with van der Waals surface area (Å²) in [6.45, 7) is 2.00. The first kappa shape index (κ1) is 25.6. The summed E-state index contributed by atoms with van der Waals surface area (Å²) in [4.78, 5) is 29.8. The normalized spacial score (nSPS) is 11.6.